The van der Waals surface area contributed by atoms with Crippen LogP contribution in [0.15, 0.2) is 41.9 Å². The number of carbonyl (C=O) groups excluding carboxylic acids is 1. The van der Waals surface area contributed by atoms with E-state index in [1.54, 1.807) is 12.1 Å². The van der Waals surface area contributed by atoms with Gasteiger partial charge in [-0.25, -0.2) is 4.79 Å². The highest BCUT2D eigenvalue weighted by atomic mass is 16.7. The molecule has 5 N–H and O–H groups in total. The molecule has 1 aromatic carbocycles. The van der Waals surface area contributed by atoms with Gasteiger partial charge in [-0.1, -0.05) is 30.3 Å². The molecule has 0 aliphatic carbocycles. The quantitative estimate of drug-likeness (QED) is 0.352. The zero-order chi connectivity index (χ0) is 21.4. The molecule has 0 amide bonds. The topological polar surface area (TPSA) is 164 Å². The molecule has 3 heterocycles. The SMILES string of the molecule is O=C1O[C@H]([C@@H]2COC(c3ccccc3)O2)C(O)=C1OC1O[C@H](CO)[C@@H](O)[C@H](O)[C@H]1O. The molecule has 4 rings (SSSR count). The van der Waals surface area contributed by atoms with Crippen LogP contribution in [0.4, 0.5) is 0 Å². The molecule has 3 aliphatic rings. The van der Waals surface area contributed by atoms with E-state index in [4.69, 9.17) is 23.7 Å². The van der Waals surface area contributed by atoms with Gasteiger partial charge in [0.15, 0.2) is 18.2 Å². The maximum atomic E-state index is 12.2. The summed E-state index contributed by atoms with van der Waals surface area (Å²) in [6.45, 7) is -0.633. The maximum absolute atomic E-state index is 12.2. The fourth-order valence-electron chi connectivity index (χ4n) is 3.46. The van der Waals surface area contributed by atoms with Crippen LogP contribution in [0.5, 0.6) is 0 Å². The van der Waals surface area contributed by atoms with E-state index in [0.29, 0.717) is 0 Å². The molecule has 164 valence electrons. The molecule has 0 radical (unpaired) electrons. The molecule has 11 nitrogen and oxygen atoms in total. The van der Waals surface area contributed by atoms with Gasteiger partial charge in [0.05, 0.1) is 13.2 Å². The summed E-state index contributed by atoms with van der Waals surface area (Å²) >= 11 is 0. The highest BCUT2D eigenvalue weighted by Crippen LogP contribution is 2.35. The summed E-state index contributed by atoms with van der Waals surface area (Å²) < 4.78 is 26.9. The molecule has 2 fully saturated rings. The van der Waals surface area contributed by atoms with Crippen molar-refractivity contribution in [3.8, 4) is 0 Å². The molecule has 0 aromatic heterocycles. The number of cyclic esters (lactones) is 1. The molecular weight excluding hydrogens is 404 g/mol. The summed E-state index contributed by atoms with van der Waals surface area (Å²) in [5.74, 6) is -2.24. The zero-order valence-corrected chi connectivity index (χ0v) is 15.6. The number of esters is 1. The van der Waals surface area contributed by atoms with Crippen LogP contribution in [-0.4, -0.2) is 87.6 Å². The van der Waals surface area contributed by atoms with E-state index in [1.807, 2.05) is 18.2 Å². The third-order valence-corrected chi connectivity index (χ3v) is 5.12. The van der Waals surface area contributed by atoms with Crippen molar-refractivity contribution in [2.75, 3.05) is 13.2 Å². The summed E-state index contributed by atoms with van der Waals surface area (Å²) in [6.07, 6.45) is -10.6. The summed E-state index contributed by atoms with van der Waals surface area (Å²) in [5, 5.41) is 49.4. The zero-order valence-electron chi connectivity index (χ0n) is 15.6. The van der Waals surface area contributed by atoms with Gasteiger partial charge in [0, 0.05) is 5.56 Å². The Morgan fingerprint density at radius 1 is 1.03 bits per heavy atom. The van der Waals surface area contributed by atoms with E-state index < -0.39 is 73.3 Å². The van der Waals surface area contributed by atoms with Crippen LogP contribution >= 0.6 is 0 Å². The Kier molecular flexibility index (Phi) is 5.93. The van der Waals surface area contributed by atoms with Gasteiger partial charge in [-0.3, -0.25) is 0 Å². The molecular formula is C19H22O11. The molecule has 3 aliphatic heterocycles. The van der Waals surface area contributed by atoms with E-state index in [2.05, 4.69) is 0 Å². The van der Waals surface area contributed by atoms with Crippen LogP contribution < -0.4 is 0 Å². The Bertz CT molecular complexity index is 795. The molecule has 11 heteroatoms. The number of aliphatic hydroxyl groups is 5. The molecule has 30 heavy (non-hydrogen) atoms. The van der Waals surface area contributed by atoms with Crippen molar-refractivity contribution >= 4 is 5.97 Å². The third-order valence-electron chi connectivity index (χ3n) is 5.12. The Hall–Kier alpha value is -2.25. The van der Waals surface area contributed by atoms with E-state index >= 15 is 0 Å². The lowest BCUT2D eigenvalue weighted by molar-refractivity contribution is -0.291. The minimum Gasteiger partial charge on any atom is -0.505 e. The second-order valence-corrected chi connectivity index (χ2v) is 7.11. The van der Waals surface area contributed by atoms with Gasteiger partial charge < -0.3 is 49.2 Å². The smallest absolute Gasteiger partial charge is 0.378 e. The van der Waals surface area contributed by atoms with Crippen molar-refractivity contribution in [3.63, 3.8) is 0 Å². The number of carbonyl (C=O) groups is 1. The third kappa shape index (κ3) is 3.76. The van der Waals surface area contributed by atoms with Crippen LogP contribution in [0.1, 0.15) is 11.9 Å². The standard InChI is InChI=1S/C19H22O11/c20-6-9-11(21)12(22)13(23)19(27-9)30-16-14(24)15(29-17(16)25)10-7-26-18(28-10)8-4-2-1-3-5-8/h1-5,9-13,15,18-24H,6-7H2/t9-,10+,11-,12+,13-,15-,18?,19?/m1/s1. The highest BCUT2D eigenvalue weighted by Gasteiger charge is 2.49. The number of benzene rings is 1. The Morgan fingerprint density at radius 3 is 2.47 bits per heavy atom. The van der Waals surface area contributed by atoms with Crippen molar-refractivity contribution in [3.05, 3.63) is 47.4 Å². The number of hydrogen-bond acceptors (Lipinski definition) is 11. The molecule has 0 spiro atoms. The van der Waals surface area contributed by atoms with Crippen LogP contribution in [0.25, 0.3) is 0 Å². The van der Waals surface area contributed by atoms with Gasteiger partial charge in [0.1, 0.15) is 30.5 Å². The lowest BCUT2D eigenvalue weighted by atomic mass is 9.99. The van der Waals surface area contributed by atoms with Crippen molar-refractivity contribution in [2.24, 2.45) is 0 Å². The van der Waals surface area contributed by atoms with Gasteiger partial charge in [-0.2, -0.15) is 0 Å². The number of rotatable bonds is 5. The lowest BCUT2D eigenvalue weighted by Gasteiger charge is -2.39. The number of aliphatic hydroxyl groups excluding tert-OH is 5. The first-order valence-electron chi connectivity index (χ1n) is 9.34. The van der Waals surface area contributed by atoms with E-state index in [0.717, 1.165) is 5.56 Å². The first kappa shape index (κ1) is 21.0. The highest BCUT2D eigenvalue weighted by molar-refractivity contribution is 5.89. The van der Waals surface area contributed by atoms with E-state index in [1.165, 1.54) is 0 Å². The summed E-state index contributed by atoms with van der Waals surface area (Å²) in [6, 6.07) is 9.07. The van der Waals surface area contributed by atoms with Crippen LogP contribution in [0.3, 0.4) is 0 Å². The van der Waals surface area contributed by atoms with Crippen molar-refractivity contribution < 1.29 is 54.0 Å². The summed E-state index contributed by atoms with van der Waals surface area (Å²) in [5.41, 5.74) is 0.755. The van der Waals surface area contributed by atoms with Gasteiger partial charge in [-0.05, 0) is 0 Å². The lowest BCUT2D eigenvalue weighted by Crippen LogP contribution is -2.59. The van der Waals surface area contributed by atoms with Gasteiger partial charge in [-0.15, -0.1) is 0 Å². The Balaban J connectivity index is 1.46. The maximum Gasteiger partial charge on any atom is 0.378 e. The Morgan fingerprint density at radius 2 is 1.77 bits per heavy atom. The van der Waals surface area contributed by atoms with Crippen molar-refractivity contribution in [2.45, 2.75) is 49.2 Å². The predicted molar refractivity (Wildman–Crippen MR) is 94.4 cm³/mol. The van der Waals surface area contributed by atoms with Crippen LogP contribution in [-0.2, 0) is 28.5 Å². The van der Waals surface area contributed by atoms with Crippen LogP contribution in [0, 0.1) is 0 Å². The number of hydrogen-bond donors (Lipinski definition) is 5. The monoisotopic (exact) mass is 426 g/mol. The summed E-state index contributed by atoms with van der Waals surface area (Å²) in [7, 11) is 0. The molecule has 2 saturated heterocycles. The van der Waals surface area contributed by atoms with Gasteiger partial charge >= 0.3 is 5.97 Å². The van der Waals surface area contributed by atoms with E-state index in [-0.39, 0.29) is 6.61 Å². The number of ether oxygens (including phenoxy) is 5. The Labute approximate surface area is 170 Å². The molecule has 0 saturated carbocycles. The summed E-state index contributed by atoms with van der Waals surface area (Å²) in [4.78, 5) is 12.2. The normalized spacial score (nSPS) is 39.3. The minimum atomic E-state index is -1.75. The second-order valence-electron chi connectivity index (χ2n) is 7.11. The molecule has 8 atom stereocenters. The predicted octanol–water partition coefficient (Wildman–Crippen LogP) is -1.39. The van der Waals surface area contributed by atoms with Gasteiger partial charge in [0.2, 0.25) is 12.0 Å². The molecule has 0 bridgehead atoms. The van der Waals surface area contributed by atoms with E-state index in [9.17, 15) is 30.3 Å². The fraction of sp³-hybridized carbons (Fsp3) is 0.526. The fourth-order valence-corrected chi connectivity index (χ4v) is 3.46. The second kappa shape index (κ2) is 8.47. The van der Waals surface area contributed by atoms with Crippen molar-refractivity contribution in [1.29, 1.82) is 0 Å². The van der Waals surface area contributed by atoms with Crippen molar-refractivity contribution in [1.82, 2.24) is 0 Å². The largest absolute Gasteiger partial charge is 0.505 e. The molecule has 1 aromatic rings. The van der Waals surface area contributed by atoms with Crippen LogP contribution in [0.2, 0.25) is 0 Å². The minimum absolute atomic E-state index is 0.0366. The first-order valence-corrected chi connectivity index (χ1v) is 9.34. The first-order chi connectivity index (χ1) is 14.4. The average Bonchev–Trinajstić information content (AvgIpc) is 3.35. The average molecular weight is 426 g/mol. The van der Waals surface area contributed by atoms with Gasteiger partial charge in [0.25, 0.3) is 0 Å². The molecule has 2 unspecified atom stereocenters.